The number of hydrogen-bond donors (Lipinski definition) is 3. The first-order valence-electron chi connectivity index (χ1n) is 9.88. The highest BCUT2D eigenvalue weighted by Crippen LogP contribution is 2.37. The molecule has 1 saturated heterocycles. The predicted octanol–water partition coefficient (Wildman–Crippen LogP) is 0.450. The molecule has 4 rings (SSSR count). The zero-order chi connectivity index (χ0) is 19.5. The molecule has 0 spiro atoms. The van der Waals surface area contributed by atoms with E-state index >= 15 is 0 Å². The van der Waals surface area contributed by atoms with Crippen molar-refractivity contribution in [3.05, 3.63) is 41.7 Å². The maximum atomic E-state index is 9.84. The van der Waals surface area contributed by atoms with E-state index in [0.717, 1.165) is 44.8 Å². The highest BCUT2D eigenvalue weighted by atomic mass is 16.3. The van der Waals surface area contributed by atoms with E-state index in [1.54, 1.807) is 5.01 Å². The molecule has 8 heteroatoms. The van der Waals surface area contributed by atoms with Crippen LogP contribution < -0.4 is 16.1 Å². The van der Waals surface area contributed by atoms with E-state index in [2.05, 4.69) is 50.4 Å². The van der Waals surface area contributed by atoms with Crippen LogP contribution in [0.5, 0.6) is 0 Å². The first-order chi connectivity index (χ1) is 13.7. The van der Waals surface area contributed by atoms with Crippen LogP contribution in [-0.4, -0.2) is 66.3 Å². The second-order valence-electron chi connectivity index (χ2n) is 7.41. The molecule has 1 saturated carbocycles. The summed E-state index contributed by atoms with van der Waals surface area (Å²) >= 11 is 0. The minimum atomic E-state index is -0.0586. The minimum Gasteiger partial charge on any atom is -0.394 e. The quantitative estimate of drug-likeness (QED) is 0.636. The number of piperazine rings is 1. The molecule has 2 fully saturated rings. The lowest BCUT2D eigenvalue weighted by Crippen LogP contribution is -2.61. The molecular formula is C20H27N7O. The van der Waals surface area contributed by atoms with Crippen LogP contribution in [0.1, 0.15) is 12.8 Å². The molecule has 1 aromatic carbocycles. The van der Waals surface area contributed by atoms with Gasteiger partial charge in [-0.3, -0.25) is 10.0 Å². The Balaban J connectivity index is 1.58. The fourth-order valence-electron chi connectivity index (χ4n) is 3.93. The van der Waals surface area contributed by atoms with Gasteiger partial charge in [0.25, 0.3) is 0 Å². The second-order valence-corrected chi connectivity index (χ2v) is 7.41. The highest BCUT2D eigenvalue weighted by Gasteiger charge is 2.42. The van der Waals surface area contributed by atoms with E-state index in [0.29, 0.717) is 17.3 Å². The van der Waals surface area contributed by atoms with Crippen molar-refractivity contribution in [3.8, 4) is 6.07 Å². The van der Waals surface area contributed by atoms with Crippen LogP contribution in [0.15, 0.2) is 46.7 Å². The number of rotatable bonds is 5. The number of nitrogens with zero attached hydrogens (tertiary/aromatic N) is 5. The largest absolute Gasteiger partial charge is 0.394 e. The molecule has 1 atom stereocenters. The molecule has 1 aliphatic carbocycles. The maximum Gasteiger partial charge on any atom is 0.144 e. The molecule has 3 aliphatic rings. The Labute approximate surface area is 165 Å². The topological polar surface area (TPSA) is 104 Å². The van der Waals surface area contributed by atoms with E-state index in [1.807, 2.05) is 6.07 Å². The number of anilines is 1. The molecular weight excluding hydrogens is 354 g/mol. The first kappa shape index (κ1) is 18.6. The minimum absolute atomic E-state index is 0.0462. The van der Waals surface area contributed by atoms with Crippen molar-refractivity contribution < 1.29 is 5.11 Å². The molecule has 1 aromatic rings. The molecule has 2 aliphatic heterocycles. The molecule has 148 valence electrons. The normalized spacial score (nSPS) is 24.4. The predicted molar refractivity (Wildman–Crippen MR) is 108 cm³/mol. The molecule has 2 heterocycles. The van der Waals surface area contributed by atoms with Crippen LogP contribution in [0.4, 0.5) is 5.69 Å². The van der Waals surface area contributed by atoms with E-state index in [-0.39, 0.29) is 19.3 Å². The average molecular weight is 381 g/mol. The van der Waals surface area contributed by atoms with Gasteiger partial charge in [0.2, 0.25) is 0 Å². The zero-order valence-corrected chi connectivity index (χ0v) is 16.0. The van der Waals surface area contributed by atoms with Crippen molar-refractivity contribution in [3.63, 3.8) is 0 Å². The Bertz CT molecular complexity index is 789. The Morgan fingerprint density at radius 2 is 1.82 bits per heavy atom. The summed E-state index contributed by atoms with van der Waals surface area (Å²) in [6, 6.07) is 12.7. The van der Waals surface area contributed by atoms with Crippen LogP contribution in [0.3, 0.4) is 0 Å². The van der Waals surface area contributed by atoms with Crippen molar-refractivity contribution in [2.24, 2.45) is 16.8 Å². The van der Waals surface area contributed by atoms with Crippen molar-refractivity contribution in [1.82, 2.24) is 15.2 Å². The Kier molecular flexibility index (Phi) is 5.37. The van der Waals surface area contributed by atoms with Gasteiger partial charge < -0.3 is 20.2 Å². The summed E-state index contributed by atoms with van der Waals surface area (Å²) in [5, 5.41) is 24.1. The number of aliphatic hydroxyl groups excluding tert-OH is 1. The molecule has 4 N–H and O–H groups in total. The van der Waals surface area contributed by atoms with Gasteiger partial charge in [-0.2, -0.15) is 5.26 Å². The standard InChI is InChI=1S/C20H27N7O/c21-14-17-18(23-8-13-28)24-19(15-6-7-15)27(22)20(17)26-11-9-25(10-12-26)16-4-2-1-3-5-16/h1-5,15,19,28H,6-13,22H2,(H,23,24). The van der Waals surface area contributed by atoms with Crippen LogP contribution in [0.25, 0.3) is 0 Å². The summed E-state index contributed by atoms with van der Waals surface area (Å²) < 4.78 is 0. The SMILES string of the molecule is N#CC1=C(N2CCN(c3ccccc3)CC2)N(N)C(C2CC2)NC1=NCCO. The Morgan fingerprint density at radius 3 is 2.43 bits per heavy atom. The number of aliphatic hydroxyl groups is 1. The van der Waals surface area contributed by atoms with Gasteiger partial charge in [0.1, 0.15) is 29.5 Å². The average Bonchev–Trinajstić information content (AvgIpc) is 3.58. The third kappa shape index (κ3) is 3.63. The number of amidine groups is 1. The summed E-state index contributed by atoms with van der Waals surface area (Å²) in [6.45, 7) is 3.52. The third-order valence-corrected chi connectivity index (χ3v) is 5.54. The van der Waals surface area contributed by atoms with Gasteiger partial charge in [0, 0.05) is 31.9 Å². The van der Waals surface area contributed by atoms with Gasteiger partial charge >= 0.3 is 0 Å². The monoisotopic (exact) mass is 381 g/mol. The van der Waals surface area contributed by atoms with E-state index in [9.17, 15) is 5.26 Å². The second kappa shape index (κ2) is 8.09. The molecule has 8 nitrogen and oxygen atoms in total. The zero-order valence-electron chi connectivity index (χ0n) is 16.0. The van der Waals surface area contributed by atoms with Gasteiger partial charge in [0.15, 0.2) is 0 Å². The van der Waals surface area contributed by atoms with Gasteiger partial charge in [-0.1, -0.05) is 18.2 Å². The van der Waals surface area contributed by atoms with Crippen molar-refractivity contribution in [2.75, 3.05) is 44.2 Å². The molecule has 0 amide bonds. The number of nitrogens with one attached hydrogen (secondary N) is 1. The molecule has 0 aromatic heterocycles. The van der Waals surface area contributed by atoms with Gasteiger partial charge in [-0.05, 0) is 30.9 Å². The lowest BCUT2D eigenvalue weighted by molar-refractivity contribution is 0.130. The third-order valence-electron chi connectivity index (χ3n) is 5.54. The van der Waals surface area contributed by atoms with Gasteiger partial charge in [-0.25, -0.2) is 5.84 Å². The maximum absolute atomic E-state index is 9.84. The highest BCUT2D eigenvalue weighted by molar-refractivity contribution is 6.03. The lowest BCUT2D eigenvalue weighted by atomic mass is 10.1. The Morgan fingerprint density at radius 1 is 1.14 bits per heavy atom. The summed E-state index contributed by atoms with van der Waals surface area (Å²) in [5.41, 5.74) is 1.67. The van der Waals surface area contributed by atoms with E-state index < -0.39 is 0 Å². The molecule has 0 radical (unpaired) electrons. The summed E-state index contributed by atoms with van der Waals surface area (Å²) in [5.74, 6) is 8.27. The van der Waals surface area contributed by atoms with Gasteiger partial charge in [0.05, 0.1) is 13.2 Å². The summed E-state index contributed by atoms with van der Waals surface area (Å²) in [6.07, 6.45) is 2.18. The van der Waals surface area contributed by atoms with Gasteiger partial charge in [-0.15, -0.1) is 0 Å². The van der Waals surface area contributed by atoms with Crippen LogP contribution in [0.2, 0.25) is 0 Å². The number of para-hydroxylation sites is 1. The van der Waals surface area contributed by atoms with Crippen molar-refractivity contribution >= 4 is 11.5 Å². The molecule has 28 heavy (non-hydrogen) atoms. The molecule has 1 unspecified atom stereocenters. The van der Waals surface area contributed by atoms with E-state index in [1.165, 1.54) is 5.69 Å². The fourth-order valence-corrected chi connectivity index (χ4v) is 3.93. The number of aliphatic imine (C=N–C) groups is 1. The smallest absolute Gasteiger partial charge is 0.144 e. The van der Waals surface area contributed by atoms with E-state index in [4.69, 9.17) is 10.9 Å². The van der Waals surface area contributed by atoms with Crippen LogP contribution in [-0.2, 0) is 0 Å². The summed E-state index contributed by atoms with van der Waals surface area (Å²) in [7, 11) is 0. The lowest BCUT2D eigenvalue weighted by Gasteiger charge is -2.45. The fraction of sp³-hybridized carbons (Fsp3) is 0.500. The van der Waals surface area contributed by atoms with Crippen molar-refractivity contribution in [2.45, 2.75) is 19.0 Å². The number of nitriles is 1. The van der Waals surface area contributed by atoms with Crippen LogP contribution in [0, 0.1) is 17.2 Å². The number of hydrogen-bond acceptors (Lipinski definition) is 7. The first-order valence-corrected chi connectivity index (χ1v) is 9.88. The Hall–Kier alpha value is -2.76. The van der Waals surface area contributed by atoms with Crippen molar-refractivity contribution in [1.29, 1.82) is 5.26 Å². The van der Waals surface area contributed by atoms with Crippen LogP contribution >= 0.6 is 0 Å². The number of hydrazine groups is 1. The number of benzene rings is 1. The number of nitrogens with two attached hydrogens (primary N) is 1. The molecule has 0 bridgehead atoms. The summed E-state index contributed by atoms with van der Waals surface area (Å²) in [4.78, 5) is 8.96.